The molecule has 0 spiro atoms. The number of carbonyl (C=O) groups excluding carboxylic acids is 1. The molecule has 0 atom stereocenters. The van der Waals surface area contributed by atoms with Crippen LogP contribution in [0.1, 0.15) is 12.8 Å². The van der Waals surface area contributed by atoms with E-state index in [0.717, 1.165) is 39.1 Å². The number of nitrogens with one attached hydrogen (secondary N) is 1. The van der Waals surface area contributed by atoms with Crippen molar-refractivity contribution in [1.29, 1.82) is 0 Å². The van der Waals surface area contributed by atoms with Crippen LogP contribution >= 0.6 is 34.7 Å². The van der Waals surface area contributed by atoms with E-state index in [-0.39, 0.29) is 12.7 Å². The molecule has 0 saturated carbocycles. The summed E-state index contributed by atoms with van der Waals surface area (Å²) in [5, 5.41) is 6.13. The molecule has 5 nitrogen and oxygen atoms in total. The number of ether oxygens (including phenoxy) is 2. The first-order valence-corrected chi connectivity index (χ1v) is 11.0. The summed E-state index contributed by atoms with van der Waals surface area (Å²) in [5.41, 5.74) is 1.73. The van der Waals surface area contributed by atoms with Crippen molar-refractivity contribution in [1.82, 2.24) is 4.98 Å². The summed E-state index contributed by atoms with van der Waals surface area (Å²) < 4.78 is 10.7. The zero-order valence-electron chi connectivity index (χ0n) is 14.8. The normalized spacial score (nSPS) is 12.2. The monoisotopic (exact) mass is 432 g/mol. The maximum atomic E-state index is 12.2. The SMILES string of the molecule is O=C(CCCSc1ccc(Cl)cc1)Nc1nc(-c2ccc3c(c2)OCO3)cs1. The number of hydrogen-bond acceptors (Lipinski definition) is 6. The van der Waals surface area contributed by atoms with Crippen molar-refractivity contribution < 1.29 is 14.3 Å². The largest absolute Gasteiger partial charge is 0.454 e. The highest BCUT2D eigenvalue weighted by Gasteiger charge is 2.15. The van der Waals surface area contributed by atoms with E-state index < -0.39 is 0 Å². The number of halogens is 1. The van der Waals surface area contributed by atoms with Gasteiger partial charge >= 0.3 is 0 Å². The first-order valence-electron chi connectivity index (χ1n) is 8.71. The molecule has 1 amide bonds. The van der Waals surface area contributed by atoms with Gasteiger partial charge in [-0.1, -0.05) is 11.6 Å². The van der Waals surface area contributed by atoms with E-state index in [9.17, 15) is 4.79 Å². The van der Waals surface area contributed by atoms with E-state index in [1.165, 1.54) is 11.3 Å². The highest BCUT2D eigenvalue weighted by molar-refractivity contribution is 7.99. The molecule has 1 aliphatic rings. The Labute approximate surface area is 176 Å². The number of anilines is 1. The molecule has 0 unspecified atom stereocenters. The van der Waals surface area contributed by atoms with Gasteiger partial charge in [-0.2, -0.15) is 0 Å². The fourth-order valence-corrected chi connectivity index (χ4v) is 4.37. The first-order chi connectivity index (χ1) is 13.7. The molecule has 2 heterocycles. The van der Waals surface area contributed by atoms with Crippen molar-refractivity contribution in [3.8, 4) is 22.8 Å². The first kappa shape index (κ1) is 19.1. The lowest BCUT2D eigenvalue weighted by molar-refractivity contribution is -0.116. The maximum absolute atomic E-state index is 12.2. The van der Waals surface area contributed by atoms with Gasteiger partial charge < -0.3 is 14.8 Å². The summed E-state index contributed by atoms with van der Waals surface area (Å²) in [7, 11) is 0. The van der Waals surface area contributed by atoms with E-state index in [1.807, 2.05) is 47.8 Å². The highest BCUT2D eigenvalue weighted by Crippen LogP contribution is 2.36. The Morgan fingerprint density at radius 1 is 1.18 bits per heavy atom. The predicted octanol–water partition coefficient (Wildman–Crippen LogP) is 5.70. The number of aromatic nitrogens is 1. The number of amides is 1. The number of hydrogen-bond donors (Lipinski definition) is 1. The number of benzene rings is 2. The Kier molecular flexibility index (Phi) is 6.04. The van der Waals surface area contributed by atoms with E-state index in [1.54, 1.807) is 11.8 Å². The van der Waals surface area contributed by atoms with Gasteiger partial charge in [0, 0.05) is 27.3 Å². The molecule has 0 aliphatic carbocycles. The van der Waals surface area contributed by atoms with E-state index in [0.29, 0.717) is 17.3 Å². The number of thioether (sulfide) groups is 1. The third-order valence-electron chi connectivity index (χ3n) is 4.05. The Bertz CT molecular complexity index is 976. The van der Waals surface area contributed by atoms with Crippen molar-refractivity contribution in [2.45, 2.75) is 17.7 Å². The van der Waals surface area contributed by atoms with Crippen LogP contribution in [0.4, 0.5) is 5.13 Å². The van der Waals surface area contributed by atoms with Crippen LogP contribution < -0.4 is 14.8 Å². The Morgan fingerprint density at radius 2 is 2.00 bits per heavy atom. The molecule has 1 N–H and O–H groups in total. The standard InChI is InChI=1S/C20H17ClN2O3S2/c21-14-4-6-15(7-5-14)27-9-1-2-19(24)23-20-22-16(11-28-20)13-3-8-17-18(10-13)26-12-25-17/h3-8,10-11H,1-2,9,12H2,(H,22,23,24). The van der Waals surface area contributed by atoms with Crippen molar-refractivity contribution in [3.05, 3.63) is 52.9 Å². The van der Waals surface area contributed by atoms with E-state index in [2.05, 4.69) is 10.3 Å². The predicted molar refractivity (Wildman–Crippen MR) is 114 cm³/mol. The molecule has 0 radical (unpaired) electrons. The van der Waals surface area contributed by atoms with Gasteiger partial charge in [0.15, 0.2) is 16.6 Å². The van der Waals surface area contributed by atoms with Gasteiger partial charge in [0.25, 0.3) is 0 Å². The van der Waals surface area contributed by atoms with Crippen LogP contribution in [0.3, 0.4) is 0 Å². The summed E-state index contributed by atoms with van der Waals surface area (Å²) in [6, 6.07) is 13.4. The number of fused-ring (bicyclic) bond motifs is 1. The van der Waals surface area contributed by atoms with Crippen LogP contribution in [0.25, 0.3) is 11.3 Å². The third-order valence-corrected chi connectivity index (χ3v) is 6.16. The van der Waals surface area contributed by atoms with Crippen molar-refractivity contribution in [3.63, 3.8) is 0 Å². The van der Waals surface area contributed by atoms with E-state index >= 15 is 0 Å². The van der Waals surface area contributed by atoms with Gasteiger partial charge in [0.1, 0.15) is 0 Å². The molecule has 0 saturated heterocycles. The topological polar surface area (TPSA) is 60.5 Å². The van der Waals surface area contributed by atoms with Crippen LogP contribution in [0.15, 0.2) is 52.7 Å². The molecule has 3 aromatic rings. The number of carbonyl (C=O) groups is 1. The zero-order valence-corrected chi connectivity index (χ0v) is 17.2. The molecule has 0 fully saturated rings. The number of nitrogens with zero attached hydrogens (tertiary/aromatic N) is 1. The minimum Gasteiger partial charge on any atom is -0.454 e. The lowest BCUT2D eigenvalue weighted by Crippen LogP contribution is -2.11. The minimum absolute atomic E-state index is 0.0247. The zero-order chi connectivity index (χ0) is 19.3. The van der Waals surface area contributed by atoms with Gasteiger partial charge in [-0.05, 0) is 54.6 Å². The molecule has 8 heteroatoms. The van der Waals surface area contributed by atoms with Gasteiger partial charge in [-0.25, -0.2) is 4.98 Å². The molecule has 2 aromatic carbocycles. The average molecular weight is 433 g/mol. The fourth-order valence-electron chi connectivity index (χ4n) is 2.65. The second-order valence-electron chi connectivity index (χ2n) is 6.06. The van der Waals surface area contributed by atoms with Crippen molar-refractivity contribution >= 4 is 45.7 Å². The quantitative estimate of drug-likeness (QED) is 0.383. The van der Waals surface area contributed by atoms with Crippen molar-refractivity contribution in [2.75, 3.05) is 17.9 Å². The van der Waals surface area contributed by atoms with Gasteiger partial charge in [0.05, 0.1) is 5.69 Å². The molecule has 0 bridgehead atoms. The Morgan fingerprint density at radius 3 is 2.86 bits per heavy atom. The molecular formula is C20H17ClN2O3S2. The average Bonchev–Trinajstić information content (AvgIpc) is 3.35. The van der Waals surface area contributed by atoms with E-state index in [4.69, 9.17) is 21.1 Å². The molecule has 28 heavy (non-hydrogen) atoms. The molecule has 1 aliphatic heterocycles. The van der Waals surface area contributed by atoms with Crippen LogP contribution in [-0.4, -0.2) is 23.4 Å². The summed E-state index contributed by atoms with van der Waals surface area (Å²) in [4.78, 5) is 17.8. The summed E-state index contributed by atoms with van der Waals surface area (Å²) in [6.45, 7) is 0.244. The summed E-state index contributed by atoms with van der Waals surface area (Å²) in [6.07, 6.45) is 1.25. The maximum Gasteiger partial charge on any atom is 0.231 e. The second kappa shape index (κ2) is 8.86. The van der Waals surface area contributed by atoms with Crippen LogP contribution in [0.5, 0.6) is 11.5 Å². The second-order valence-corrected chi connectivity index (χ2v) is 8.52. The van der Waals surface area contributed by atoms with Crippen molar-refractivity contribution in [2.24, 2.45) is 0 Å². The molecule has 1 aromatic heterocycles. The number of thiazole rings is 1. The van der Waals surface area contributed by atoms with Gasteiger partial charge in [-0.15, -0.1) is 23.1 Å². The summed E-state index contributed by atoms with van der Waals surface area (Å²) in [5.74, 6) is 2.30. The smallest absolute Gasteiger partial charge is 0.231 e. The fraction of sp³-hybridized carbons (Fsp3) is 0.200. The van der Waals surface area contributed by atoms with Gasteiger partial charge in [-0.3, -0.25) is 4.79 Å². The highest BCUT2D eigenvalue weighted by atomic mass is 35.5. The minimum atomic E-state index is -0.0247. The van der Waals surface area contributed by atoms with Crippen LogP contribution in [-0.2, 0) is 4.79 Å². The molecule has 4 rings (SSSR count). The lowest BCUT2D eigenvalue weighted by atomic mass is 10.1. The Hall–Kier alpha value is -2.22. The Balaban J connectivity index is 1.25. The van der Waals surface area contributed by atoms with Crippen LogP contribution in [0, 0.1) is 0 Å². The lowest BCUT2D eigenvalue weighted by Gasteiger charge is -2.03. The third kappa shape index (κ3) is 4.79. The summed E-state index contributed by atoms with van der Waals surface area (Å²) >= 11 is 9.00. The van der Waals surface area contributed by atoms with Gasteiger partial charge in [0.2, 0.25) is 12.7 Å². The number of rotatable bonds is 7. The molecule has 144 valence electrons. The van der Waals surface area contributed by atoms with Crippen LogP contribution in [0.2, 0.25) is 5.02 Å². The molecular weight excluding hydrogens is 416 g/mol.